The lowest BCUT2D eigenvalue weighted by Gasteiger charge is -2.17. The molecule has 1 aliphatic heterocycles. The molecule has 1 unspecified atom stereocenters. The van der Waals surface area contributed by atoms with Crippen molar-refractivity contribution in [2.75, 3.05) is 27.1 Å². The lowest BCUT2D eigenvalue weighted by molar-refractivity contribution is -0.122. The molecule has 0 saturated heterocycles. The van der Waals surface area contributed by atoms with E-state index in [0.717, 1.165) is 22.1 Å². The Bertz CT molecular complexity index is 1080. The average molecular weight is 423 g/mol. The third kappa shape index (κ3) is 4.83. The van der Waals surface area contributed by atoms with E-state index < -0.39 is 6.10 Å². The minimum Gasteiger partial charge on any atom is -0.497 e. The second-order valence-corrected chi connectivity index (χ2v) is 7.42. The Hall–Kier alpha value is -3.45. The fraction of sp³-hybridized carbons (Fsp3) is 0.292. The van der Waals surface area contributed by atoms with E-state index in [0.29, 0.717) is 17.2 Å². The van der Waals surface area contributed by atoms with Crippen LogP contribution in [0, 0.1) is 0 Å². The first-order chi connectivity index (χ1) is 15.0. The normalized spacial score (nSPS) is 14.2. The lowest BCUT2D eigenvalue weighted by Crippen LogP contribution is -2.37. The molecule has 7 heteroatoms. The van der Waals surface area contributed by atoms with Crippen LogP contribution in [0.15, 0.2) is 54.6 Å². The van der Waals surface area contributed by atoms with Gasteiger partial charge in [-0.25, -0.2) is 0 Å². The molecule has 0 spiro atoms. The lowest BCUT2D eigenvalue weighted by atomic mass is 9.97. The van der Waals surface area contributed by atoms with Gasteiger partial charge in [0.05, 0.1) is 13.0 Å². The molecule has 0 radical (unpaired) electrons. The van der Waals surface area contributed by atoms with E-state index in [1.807, 2.05) is 43.3 Å². The number of carbonyl (C=O) groups is 1. The molecule has 0 fully saturated rings. The Morgan fingerprint density at radius 3 is 2.61 bits per heavy atom. The number of ether oxygens (including phenoxy) is 4. The number of nitrogens with one attached hydrogen (secondary N) is 1. The molecule has 0 aromatic heterocycles. The van der Waals surface area contributed by atoms with Crippen LogP contribution in [0.4, 0.5) is 0 Å². The zero-order valence-electron chi connectivity index (χ0n) is 17.5. The first-order valence-corrected chi connectivity index (χ1v) is 10.1. The number of aliphatic hydroxyl groups is 1. The number of methoxy groups -OCH3 is 1. The smallest absolute Gasteiger partial charge is 0.231 e. The van der Waals surface area contributed by atoms with Crippen LogP contribution < -0.4 is 24.3 Å². The van der Waals surface area contributed by atoms with Crippen LogP contribution in [0.5, 0.6) is 23.0 Å². The van der Waals surface area contributed by atoms with Crippen molar-refractivity contribution in [3.05, 3.63) is 60.2 Å². The third-order valence-corrected chi connectivity index (χ3v) is 5.26. The van der Waals surface area contributed by atoms with Crippen LogP contribution in [-0.4, -0.2) is 44.2 Å². The first-order valence-electron chi connectivity index (χ1n) is 10.1. The number of carbonyl (C=O) groups excluding carboxylic acids is 1. The van der Waals surface area contributed by atoms with Gasteiger partial charge in [0.2, 0.25) is 12.7 Å². The predicted molar refractivity (Wildman–Crippen MR) is 116 cm³/mol. The summed E-state index contributed by atoms with van der Waals surface area (Å²) in [6, 6.07) is 17.0. The van der Waals surface area contributed by atoms with Crippen molar-refractivity contribution in [2.24, 2.45) is 0 Å². The maximum absolute atomic E-state index is 12.6. The van der Waals surface area contributed by atoms with Gasteiger partial charge in [-0.05, 0) is 47.5 Å². The van der Waals surface area contributed by atoms with E-state index in [-0.39, 0.29) is 31.8 Å². The van der Waals surface area contributed by atoms with Gasteiger partial charge in [0, 0.05) is 12.6 Å². The van der Waals surface area contributed by atoms with Crippen LogP contribution in [-0.2, 0) is 4.79 Å². The number of benzene rings is 3. The SMILES string of the molecule is COc1ccc2cc([C@H](C)C(=O)NCC(O)COc3ccc4c(c3)OCO4)ccc2c1. The number of amides is 1. The fourth-order valence-electron chi connectivity index (χ4n) is 3.38. The maximum atomic E-state index is 12.6. The van der Waals surface area contributed by atoms with Crippen molar-refractivity contribution in [1.82, 2.24) is 5.32 Å². The van der Waals surface area contributed by atoms with Gasteiger partial charge in [-0.15, -0.1) is 0 Å². The van der Waals surface area contributed by atoms with Gasteiger partial charge in [-0.3, -0.25) is 4.79 Å². The minimum absolute atomic E-state index is 0.0477. The molecule has 1 heterocycles. The maximum Gasteiger partial charge on any atom is 0.231 e. The van der Waals surface area contributed by atoms with Gasteiger partial charge in [-0.1, -0.05) is 24.3 Å². The highest BCUT2D eigenvalue weighted by atomic mass is 16.7. The fourth-order valence-corrected chi connectivity index (χ4v) is 3.38. The van der Waals surface area contributed by atoms with E-state index in [2.05, 4.69) is 5.32 Å². The largest absolute Gasteiger partial charge is 0.497 e. The summed E-state index contributed by atoms with van der Waals surface area (Å²) < 4.78 is 21.4. The highest BCUT2D eigenvalue weighted by Gasteiger charge is 2.18. The molecule has 0 bridgehead atoms. The molecule has 1 aliphatic rings. The summed E-state index contributed by atoms with van der Waals surface area (Å²) in [5.74, 6) is 2.13. The molecule has 3 aromatic rings. The zero-order chi connectivity index (χ0) is 21.8. The molecule has 2 N–H and O–H groups in total. The van der Waals surface area contributed by atoms with Gasteiger partial charge < -0.3 is 29.4 Å². The molecule has 31 heavy (non-hydrogen) atoms. The molecular formula is C24H25NO6. The number of aliphatic hydroxyl groups excluding tert-OH is 1. The van der Waals surface area contributed by atoms with Crippen molar-refractivity contribution >= 4 is 16.7 Å². The highest BCUT2D eigenvalue weighted by molar-refractivity contribution is 5.88. The average Bonchev–Trinajstić information content (AvgIpc) is 3.27. The summed E-state index contributed by atoms with van der Waals surface area (Å²) in [6.45, 7) is 2.18. The van der Waals surface area contributed by atoms with Crippen LogP contribution in [0.25, 0.3) is 10.8 Å². The monoisotopic (exact) mass is 423 g/mol. The van der Waals surface area contributed by atoms with E-state index >= 15 is 0 Å². The van der Waals surface area contributed by atoms with E-state index in [4.69, 9.17) is 18.9 Å². The number of hydrogen-bond donors (Lipinski definition) is 2. The molecule has 3 aromatic carbocycles. The van der Waals surface area contributed by atoms with Crippen molar-refractivity contribution in [3.8, 4) is 23.0 Å². The molecule has 162 valence electrons. The van der Waals surface area contributed by atoms with Gasteiger partial charge >= 0.3 is 0 Å². The van der Waals surface area contributed by atoms with E-state index in [1.165, 1.54) is 0 Å². The summed E-state index contributed by atoms with van der Waals surface area (Å²) in [7, 11) is 1.64. The Morgan fingerprint density at radius 2 is 1.77 bits per heavy atom. The molecule has 7 nitrogen and oxygen atoms in total. The molecule has 0 aliphatic carbocycles. The minimum atomic E-state index is -0.842. The second kappa shape index (κ2) is 9.14. The summed E-state index contributed by atoms with van der Waals surface area (Å²) in [5.41, 5.74) is 0.904. The Morgan fingerprint density at radius 1 is 1.03 bits per heavy atom. The van der Waals surface area contributed by atoms with E-state index in [9.17, 15) is 9.90 Å². The Kier molecular flexibility index (Phi) is 6.13. The standard InChI is InChI=1S/C24H25NO6/c1-15(16-3-4-18-10-20(28-2)6-5-17(18)9-16)24(27)25-12-19(26)13-29-21-7-8-22-23(11-21)31-14-30-22/h3-11,15,19,26H,12-14H2,1-2H3,(H,25,27)/t15-,19?/m0/s1. The second-order valence-electron chi connectivity index (χ2n) is 7.42. The van der Waals surface area contributed by atoms with Crippen LogP contribution >= 0.6 is 0 Å². The van der Waals surface area contributed by atoms with Crippen molar-refractivity contribution in [3.63, 3.8) is 0 Å². The Labute approximate surface area is 180 Å². The third-order valence-electron chi connectivity index (χ3n) is 5.26. The number of hydrogen-bond acceptors (Lipinski definition) is 6. The summed E-state index contributed by atoms with van der Waals surface area (Å²) >= 11 is 0. The molecular weight excluding hydrogens is 398 g/mol. The number of fused-ring (bicyclic) bond motifs is 2. The van der Waals surface area contributed by atoms with Crippen molar-refractivity contribution in [2.45, 2.75) is 18.9 Å². The predicted octanol–water partition coefficient (Wildman–Crippen LogP) is 3.24. The van der Waals surface area contributed by atoms with Crippen LogP contribution in [0.2, 0.25) is 0 Å². The zero-order valence-corrected chi connectivity index (χ0v) is 17.5. The van der Waals surface area contributed by atoms with Gasteiger partial charge in [0.25, 0.3) is 0 Å². The van der Waals surface area contributed by atoms with Crippen LogP contribution in [0.3, 0.4) is 0 Å². The van der Waals surface area contributed by atoms with E-state index in [1.54, 1.807) is 25.3 Å². The Balaban J connectivity index is 1.29. The molecule has 0 saturated carbocycles. The van der Waals surface area contributed by atoms with Crippen molar-refractivity contribution in [1.29, 1.82) is 0 Å². The van der Waals surface area contributed by atoms with Gasteiger partial charge in [0.15, 0.2) is 11.5 Å². The van der Waals surface area contributed by atoms with Crippen molar-refractivity contribution < 1.29 is 28.8 Å². The molecule has 2 atom stereocenters. The highest BCUT2D eigenvalue weighted by Crippen LogP contribution is 2.35. The van der Waals surface area contributed by atoms with Crippen LogP contribution in [0.1, 0.15) is 18.4 Å². The topological polar surface area (TPSA) is 86.3 Å². The summed E-state index contributed by atoms with van der Waals surface area (Å²) in [4.78, 5) is 12.6. The quantitative estimate of drug-likeness (QED) is 0.579. The van der Waals surface area contributed by atoms with Gasteiger partial charge in [0.1, 0.15) is 24.2 Å². The summed E-state index contributed by atoms with van der Waals surface area (Å²) in [6.07, 6.45) is -0.842. The van der Waals surface area contributed by atoms with Gasteiger partial charge in [-0.2, -0.15) is 0 Å². The first kappa shape index (κ1) is 20.8. The molecule has 4 rings (SSSR count). The molecule has 1 amide bonds. The summed E-state index contributed by atoms with van der Waals surface area (Å²) in [5, 5.41) is 15.1. The number of rotatable bonds is 8.